The van der Waals surface area contributed by atoms with E-state index in [1.54, 1.807) is 6.07 Å². The zero-order valence-corrected chi connectivity index (χ0v) is 9.30. The summed E-state index contributed by atoms with van der Waals surface area (Å²) in [6.45, 7) is 0.805. The number of fused-ring (bicyclic) bond motifs is 1. The van der Waals surface area contributed by atoms with Gasteiger partial charge in [-0.3, -0.25) is 0 Å². The van der Waals surface area contributed by atoms with Crippen LogP contribution in [-0.4, -0.2) is 16.5 Å². The summed E-state index contributed by atoms with van der Waals surface area (Å²) in [6.07, 6.45) is -2.68. The molecule has 1 aliphatic rings. The van der Waals surface area contributed by atoms with Crippen molar-refractivity contribution in [1.82, 2.24) is 9.97 Å². The highest BCUT2D eigenvalue weighted by atomic mass is 19.4. The van der Waals surface area contributed by atoms with Crippen LogP contribution >= 0.6 is 0 Å². The number of aromatic amines is 1. The van der Waals surface area contributed by atoms with Crippen LogP contribution < -0.4 is 5.32 Å². The van der Waals surface area contributed by atoms with Gasteiger partial charge in [-0.15, -0.1) is 0 Å². The average Bonchev–Trinajstić information content (AvgIpc) is 2.96. The quantitative estimate of drug-likeness (QED) is 0.820. The van der Waals surface area contributed by atoms with Gasteiger partial charge in [0.15, 0.2) is 0 Å². The molecule has 0 saturated heterocycles. The molecule has 0 amide bonds. The number of imidazole rings is 1. The summed E-state index contributed by atoms with van der Waals surface area (Å²) >= 11 is 0. The van der Waals surface area contributed by atoms with E-state index in [9.17, 15) is 13.2 Å². The van der Waals surface area contributed by atoms with Gasteiger partial charge in [0.1, 0.15) is 11.5 Å². The van der Waals surface area contributed by atoms with Crippen molar-refractivity contribution >= 4 is 5.69 Å². The Hall–Kier alpha value is -1.98. The molecule has 0 aliphatic carbocycles. The van der Waals surface area contributed by atoms with Crippen molar-refractivity contribution < 1.29 is 13.2 Å². The first-order valence-electron chi connectivity index (χ1n) is 5.54. The van der Waals surface area contributed by atoms with Gasteiger partial charge < -0.3 is 10.3 Å². The van der Waals surface area contributed by atoms with E-state index in [4.69, 9.17) is 0 Å². The van der Waals surface area contributed by atoms with Crippen molar-refractivity contribution in [2.24, 2.45) is 0 Å². The van der Waals surface area contributed by atoms with Gasteiger partial charge in [0.2, 0.25) is 0 Å². The van der Waals surface area contributed by atoms with Crippen molar-refractivity contribution in [3.05, 3.63) is 35.7 Å². The lowest BCUT2D eigenvalue weighted by Gasteiger charge is -2.06. The topological polar surface area (TPSA) is 40.7 Å². The van der Waals surface area contributed by atoms with Gasteiger partial charge in [-0.05, 0) is 18.1 Å². The molecule has 0 radical (unpaired) electrons. The zero-order chi connectivity index (χ0) is 12.8. The van der Waals surface area contributed by atoms with E-state index in [-0.39, 0.29) is 5.82 Å². The maximum Gasteiger partial charge on any atom is 0.432 e. The molecule has 0 fully saturated rings. The Morgan fingerprint density at radius 3 is 2.78 bits per heavy atom. The molecule has 94 valence electrons. The average molecular weight is 253 g/mol. The van der Waals surface area contributed by atoms with E-state index in [1.807, 2.05) is 12.1 Å². The van der Waals surface area contributed by atoms with Crippen LogP contribution in [0.3, 0.4) is 0 Å². The van der Waals surface area contributed by atoms with Crippen LogP contribution in [0.2, 0.25) is 0 Å². The van der Waals surface area contributed by atoms with Gasteiger partial charge in [0, 0.05) is 17.8 Å². The summed E-state index contributed by atoms with van der Waals surface area (Å²) in [6, 6.07) is 5.56. The highest BCUT2D eigenvalue weighted by Crippen LogP contribution is 2.35. The number of H-pyrrole nitrogens is 1. The van der Waals surface area contributed by atoms with E-state index in [2.05, 4.69) is 15.3 Å². The summed E-state index contributed by atoms with van der Waals surface area (Å²) in [5, 5.41) is 3.17. The fraction of sp³-hybridized carbons (Fsp3) is 0.250. The van der Waals surface area contributed by atoms with Crippen molar-refractivity contribution in [3.8, 4) is 11.4 Å². The van der Waals surface area contributed by atoms with Crippen molar-refractivity contribution in [2.75, 3.05) is 11.9 Å². The van der Waals surface area contributed by atoms with Crippen LogP contribution in [0.1, 0.15) is 11.3 Å². The van der Waals surface area contributed by atoms with Crippen LogP contribution in [0.25, 0.3) is 11.4 Å². The number of para-hydroxylation sites is 1. The first-order chi connectivity index (χ1) is 8.55. The number of anilines is 1. The second-order valence-corrected chi connectivity index (χ2v) is 4.16. The fourth-order valence-corrected chi connectivity index (χ4v) is 2.14. The van der Waals surface area contributed by atoms with E-state index in [0.717, 1.165) is 30.4 Å². The van der Waals surface area contributed by atoms with Gasteiger partial charge in [-0.25, -0.2) is 4.98 Å². The molecule has 6 heteroatoms. The molecular formula is C12H10F3N3. The van der Waals surface area contributed by atoms with Crippen molar-refractivity contribution in [3.63, 3.8) is 0 Å². The lowest BCUT2D eigenvalue weighted by Crippen LogP contribution is -2.04. The smallest absolute Gasteiger partial charge is 0.384 e. The molecule has 0 spiro atoms. The van der Waals surface area contributed by atoms with Crippen LogP contribution in [0, 0.1) is 0 Å². The monoisotopic (exact) mass is 253 g/mol. The highest BCUT2D eigenvalue weighted by Gasteiger charge is 2.33. The molecule has 3 rings (SSSR count). The Bertz CT molecular complexity index is 586. The number of aromatic nitrogens is 2. The predicted octanol–water partition coefficient (Wildman–Crippen LogP) is 3.06. The minimum atomic E-state index is -4.39. The normalized spacial score (nSPS) is 14.4. The van der Waals surface area contributed by atoms with Gasteiger partial charge in [0.05, 0.1) is 6.20 Å². The standard InChI is InChI=1S/C12H10F3N3/c13-12(14,15)9-6-17-11(18-9)8-3-1-2-7-4-5-16-10(7)8/h1-3,6,16H,4-5H2,(H,17,18). The number of halogens is 3. The predicted molar refractivity (Wildman–Crippen MR) is 61.2 cm³/mol. The van der Waals surface area contributed by atoms with E-state index < -0.39 is 11.9 Å². The Kier molecular flexibility index (Phi) is 2.33. The third-order valence-corrected chi connectivity index (χ3v) is 2.98. The molecule has 18 heavy (non-hydrogen) atoms. The number of hydrogen-bond donors (Lipinski definition) is 2. The Morgan fingerprint density at radius 2 is 2.06 bits per heavy atom. The minimum Gasteiger partial charge on any atom is -0.384 e. The first-order valence-corrected chi connectivity index (χ1v) is 5.54. The summed E-state index contributed by atoms with van der Waals surface area (Å²) in [4.78, 5) is 6.14. The molecule has 3 nitrogen and oxygen atoms in total. The van der Waals surface area contributed by atoms with Gasteiger partial charge in [-0.1, -0.05) is 12.1 Å². The Labute approximate surface area is 101 Å². The SMILES string of the molecule is FC(F)(F)c1cnc(-c2cccc3c2NCC3)[nH]1. The lowest BCUT2D eigenvalue weighted by molar-refractivity contribution is -0.140. The molecule has 0 atom stereocenters. The maximum atomic E-state index is 12.5. The number of nitrogens with one attached hydrogen (secondary N) is 2. The number of rotatable bonds is 1. The molecule has 1 aromatic heterocycles. The van der Waals surface area contributed by atoms with E-state index >= 15 is 0 Å². The Morgan fingerprint density at radius 1 is 1.22 bits per heavy atom. The summed E-state index contributed by atoms with van der Waals surface area (Å²) in [7, 11) is 0. The maximum absolute atomic E-state index is 12.5. The summed E-state index contributed by atoms with van der Waals surface area (Å²) in [5.41, 5.74) is 1.84. The lowest BCUT2D eigenvalue weighted by atomic mass is 10.1. The molecular weight excluding hydrogens is 243 g/mol. The molecule has 2 N–H and O–H groups in total. The number of hydrogen-bond acceptors (Lipinski definition) is 2. The largest absolute Gasteiger partial charge is 0.432 e. The third-order valence-electron chi connectivity index (χ3n) is 2.98. The van der Waals surface area contributed by atoms with Gasteiger partial charge in [0.25, 0.3) is 0 Å². The summed E-state index contributed by atoms with van der Waals surface area (Å²) in [5.74, 6) is 0.244. The number of alkyl halides is 3. The summed E-state index contributed by atoms with van der Waals surface area (Å²) < 4.78 is 37.5. The molecule has 2 aromatic rings. The van der Waals surface area contributed by atoms with E-state index in [0.29, 0.717) is 5.56 Å². The molecule has 1 aliphatic heterocycles. The second-order valence-electron chi connectivity index (χ2n) is 4.16. The van der Waals surface area contributed by atoms with Crippen LogP contribution in [0.4, 0.5) is 18.9 Å². The highest BCUT2D eigenvalue weighted by molar-refractivity contribution is 5.78. The molecule has 1 aromatic carbocycles. The van der Waals surface area contributed by atoms with Gasteiger partial charge >= 0.3 is 6.18 Å². The van der Waals surface area contributed by atoms with Crippen LogP contribution in [-0.2, 0) is 12.6 Å². The van der Waals surface area contributed by atoms with E-state index in [1.165, 1.54) is 0 Å². The van der Waals surface area contributed by atoms with Crippen molar-refractivity contribution in [1.29, 1.82) is 0 Å². The zero-order valence-electron chi connectivity index (χ0n) is 9.30. The molecule has 0 unspecified atom stereocenters. The molecule has 0 bridgehead atoms. The fourth-order valence-electron chi connectivity index (χ4n) is 2.14. The Balaban J connectivity index is 2.06. The number of nitrogens with zero attached hydrogens (tertiary/aromatic N) is 1. The van der Waals surface area contributed by atoms with Crippen LogP contribution in [0.15, 0.2) is 24.4 Å². The minimum absolute atomic E-state index is 0.244. The molecule has 0 saturated carbocycles. The second kappa shape index (κ2) is 3.76. The molecule has 2 heterocycles. The first kappa shape index (κ1) is 11.1. The van der Waals surface area contributed by atoms with Crippen molar-refractivity contribution in [2.45, 2.75) is 12.6 Å². The number of benzene rings is 1. The van der Waals surface area contributed by atoms with Crippen LogP contribution in [0.5, 0.6) is 0 Å². The third kappa shape index (κ3) is 1.73. The van der Waals surface area contributed by atoms with Gasteiger partial charge in [-0.2, -0.15) is 13.2 Å².